The van der Waals surface area contributed by atoms with Gasteiger partial charge in [-0.15, -0.1) is 0 Å². The summed E-state index contributed by atoms with van der Waals surface area (Å²) in [5, 5.41) is 0. The molecule has 22 heavy (non-hydrogen) atoms. The van der Waals surface area contributed by atoms with Gasteiger partial charge in [-0.2, -0.15) is 13.2 Å². The van der Waals surface area contributed by atoms with Gasteiger partial charge in [-0.1, -0.05) is 30.3 Å². The maximum Gasteiger partial charge on any atom is 0.416 e. The van der Waals surface area contributed by atoms with E-state index in [9.17, 15) is 13.2 Å². The Hall–Kier alpha value is -2.30. The van der Waals surface area contributed by atoms with Gasteiger partial charge in [-0.05, 0) is 30.7 Å². The van der Waals surface area contributed by atoms with Crippen LogP contribution in [0.25, 0.3) is 11.0 Å². The minimum Gasteiger partial charge on any atom is -0.328 e. The van der Waals surface area contributed by atoms with Gasteiger partial charge in [-0.3, -0.25) is 0 Å². The van der Waals surface area contributed by atoms with Crippen LogP contribution in [0.5, 0.6) is 0 Å². The summed E-state index contributed by atoms with van der Waals surface area (Å²) < 4.78 is 40.4. The number of rotatable bonds is 3. The second-order valence-corrected chi connectivity index (χ2v) is 5.14. The Morgan fingerprint density at radius 1 is 1.05 bits per heavy atom. The van der Waals surface area contributed by atoms with Gasteiger partial charge < -0.3 is 4.57 Å². The minimum absolute atomic E-state index is 0.391. The first-order chi connectivity index (χ1) is 10.5. The highest BCUT2D eigenvalue weighted by Gasteiger charge is 2.31. The summed E-state index contributed by atoms with van der Waals surface area (Å²) in [6, 6.07) is 13.5. The van der Waals surface area contributed by atoms with Crippen LogP contribution in [0.4, 0.5) is 13.2 Å². The van der Waals surface area contributed by atoms with Crippen molar-refractivity contribution in [3.05, 3.63) is 65.5 Å². The van der Waals surface area contributed by atoms with E-state index in [1.54, 1.807) is 0 Å². The van der Waals surface area contributed by atoms with Crippen molar-refractivity contribution in [2.24, 2.45) is 0 Å². The fourth-order valence-electron chi connectivity index (χ4n) is 2.62. The number of alkyl halides is 3. The molecule has 0 saturated carbocycles. The van der Waals surface area contributed by atoms with Crippen molar-refractivity contribution < 1.29 is 13.2 Å². The van der Waals surface area contributed by atoms with Crippen molar-refractivity contribution in [3.8, 4) is 0 Å². The molecular weight excluding hydrogens is 289 g/mol. The normalized spacial score (nSPS) is 12.0. The van der Waals surface area contributed by atoms with Crippen LogP contribution in [0.3, 0.4) is 0 Å². The van der Waals surface area contributed by atoms with Crippen LogP contribution in [0.1, 0.15) is 23.9 Å². The molecule has 3 rings (SSSR count). The van der Waals surface area contributed by atoms with Crippen molar-refractivity contribution in [2.45, 2.75) is 26.1 Å². The lowest BCUT2D eigenvalue weighted by Crippen LogP contribution is -2.04. The average Bonchev–Trinajstić information content (AvgIpc) is 2.83. The molecule has 0 aliphatic rings. The van der Waals surface area contributed by atoms with Gasteiger partial charge in [-0.25, -0.2) is 4.98 Å². The lowest BCUT2D eigenvalue weighted by atomic mass is 10.1. The van der Waals surface area contributed by atoms with Gasteiger partial charge >= 0.3 is 6.18 Å². The lowest BCUT2D eigenvalue weighted by molar-refractivity contribution is -0.137. The smallest absolute Gasteiger partial charge is 0.328 e. The highest BCUT2D eigenvalue weighted by Crippen LogP contribution is 2.31. The van der Waals surface area contributed by atoms with Crippen LogP contribution in [0.15, 0.2) is 48.5 Å². The summed E-state index contributed by atoms with van der Waals surface area (Å²) >= 11 is 0. The summed E-state index contributed by atoms with van der Waals surface area (Å²) in [5.41, 5.74) is 1.56. The molecule has 0 atom stereocenters. The van der Waals surface area contributed by atoms with E-state index in [4.69, 9.17) is 0 Å². The molecule has 2 aromatic carbocycles. The van der Waals surface area contributed by atoms with Crippen molar-refractivity contribution in [1.82, 2.24) is 9.55 Å². The molecule has 3 aromatic rings. The Morgan fingerprint density at radius 2 is 1.77 bits per heavy atom. The van der Waals surface area contributed by atoms with Crippen molar-refractivity contribution in [3.63, 3.8) is 0 Å². The molecule has 0 unspecified atom stereocenters. The third-order valence-electron chi connectivity index (χ3n) is 3.68. The van der Waals surface area contributed by atoms with Crippen LogP contribution in [-0.4, -0.2) is 9.55 Å². The summed E-state index contributed by atoms with van der Waals surface area (Å²) in [5.74, 6) is 0.781. The van der Waals surface area contributed by atoms with Gasteiger partial charge in [0.15, 0.2) is 0 Å². The molecule has 0 radical (unpaired) electrons. The van der Waals surface area contributed by atoms with E-state index >= 15 is 0 Å². The zero-order valence-corrected chi connectivity index (χ0v) is 12.1. The Bertz CT molecular complexity index is 789. The number of aryl methyl sites for hydroxylation is 1. The molecule has 0 spiro atoms. The second kappa shape index (κ2) is 5.48. The van der Waals surface area contributed by atoms with E-state index in [1.165, 1.54) is 6.07 Å². The largest absolute Gasteiger partial charge is 0.416 e. The van der Waals surface area contributed by atoms with E-state index < -0.39 is 11.7 Å². The van der Waals surface area contributed by atoms with Gasteiger partial charge in [0.1, 0.15) is 5.82 Å². The van der Waals surface area contributed by atoms with Crippen LogP contribution < -0.4 is 0 Å². The third kappa shape index (κ3) is 2.71. The molecule has 1 aromatic heterocycles. The molecule has 0 fully saturated rings. The zero-order chi connectivity index (χ0) is 15.7. The number of fused-ring (bicyclic) bond motifs is 1. The number of benzene rings is 2. The first-order valence-electron chi connectivity index (χ1n) is 7.09. The molecular formula is C17H15F3N2. The van der Waals surface area contributed by atoms with E-state index in [2.05, 4.69) is 4.98 Å². The predicted molar refractivity (Wildman–Crippen MR) is 79.7 cm³/mol. The number of hydrogen-bond acceptors (Lipinski definition) is 1. The standard InChI is InChI=1S/C17H15F3N2/c1-2-22-15-9-8-13(17(18,19)20)11-14(15)21-16(22)10-12-6-4-3-5-7-12/h3-9,11H,2,10H2,1H3. The highest BCUT2D eigenvalue weighted by atomic mass is 19.4. The van der Waals surface area contributed by atoms with Crippen LogP contribution in [0.2, 0.25) is 0 Å². The number of nitrogens with zero attached hydrogens (tertiary/aromatic N) is 2. The SMILES string of the molecule is CCn1c(Cc2ccccc2)nc2cc(C(F)(F)F)ccc21. The Labute approximate surface area is 126 Å². The average molecular weight is 304 g/mol. The van der Waals surface area contributed by atoms with Gasteiger partial charge in [0.25, 0.3) is 0 Å². The van der Waals surface area contributed by atoms with Gasteiger partial charge in [0.2, 0.25) is 0 Å². The highest BCUT2D eigenvalue weighted by molar-refractivity contribution is 5.77. The summed E-state index contributed by atoms with van der Waals surface area (Å²) in [4.78, 5) is 4.42. The topological polar surface area (TPSA) is 17.8 Å². The number of imidazole rings is 1. The van der Waals surface area contributed by atoms with E-state index in [0.29, 0.717) is 18.5 Å². The second-order valence-electron chi connectivity index (χ2n) is 5.14. The number of hydrogen-bond donors (Lipinski definition) is 0. The third-order valence-corrected chi connectivity index (χ3v) is 3.68. The molecule has 0 bridgehead atoms. The zero-order valence-electron chi connectivity index (χ0n) is 12.1. The van der Waals surface area contributed by atoms with E-state index in [1.807, 2.05) is 41.8 Å². The first kappa shape index (κ1) is 14.6. The quantitative estimate of drug-likeness (QED) is 0.688. The number of aromatic nitrogens is 2. The summed E-state index contributed by atoms with van der Waals surface area (Å²) in [6.45, 7) is 2.64. The summed E-state index contributed by atoms with van der Waals surface area (Å²) in [6.07, 6.45) is -3.74. The van der Waals surface area contributed by atoms with Crippen LogP contribution >= 0.6 is 0 Å². The predicted octanol–water partition coefficient (Wildman–Crippen LogP) is 4.67. The molecule has 2 nitrogen and oxygen atoms in total. The fourth-order valence-corrected chi connectivity index (χ4v) is 2.62. The molecule has 0 aliphatic heterocycles. The van der Waals surface area contributed by atoms with E-state index in [-0.39, 0.29) is 0 Å². The molecule has 0 aliphatic carbocycles. The molecule has 0 amide bonds. The van der Waals surface area contributed by atoms with Gasteiger partial charge in [0, 0.05) is 13.0 Å². The van der Waals surface area contributed by atoms with Crippen LogP contribution in [-0.2, 0) is 19.1 Å². The maximum absolute atomic E-state index is 12.8. The minimum atomic E-state index is -4.34. The monoisotopic (exact) mass is 304 g/mol. The Balaban J connectivity index is 2.07. The molecule has 0 N–H and O–H groups in total. The van der Waals surface area contributed by atoms with Crippen molar-refractivity contribution in [2.75, 3.05) is 0 Å². The van der Waals surface area contributed by atoms with E-state index in [0.717, 1.165) is 29.0 Å². The molecule has 5 heteroatoms. The van der Waals surface area contributed by atoms with Crippen LogP contribution in [0, 0.1) is 0 Å². The lowest BCUT2D eigenvalue weighted by Gasteiger charge is -2.07. The molecule has 114 valence electrons. The Morgan fingerprint density at radius 3 is 2.41 bits per heavy atom. The van der Waals surface area contributed by atoms with Crippen molar-refractivity contribution >= 4 is 11.0 Å². The molecule has 1 heterocycles. The van der Waals surface area contributed by atoms with Crippen molar-refractivity contribution in [1.29, 1.82) is 0 Å². The number of halogens is 3. The van der Waals surface area contributed by atoms with Gasteiger partial charge in [0.05, 0.1) is 16.6 Å². The molecule has 0 saturated heterocycles. The fraction of sp³-hybridized carbons (Fsp3) is 0.235. The maximum atomic E-state index is 12.8. The first-order valence-corrected chi connectivity index (χ1v) is 7.09. The summed E-state index contributed by atoms with van der Waals surface area (Å²) in [7, 11) is 0. The Kier molecular flexibility index (Phi) is 3.64.